The molecule has 1 amide bonds. The van der Waals surface area contributed by atoms with Crippen LogP contribution in [0.3, 0.4) is 0 Å². The normalized spacial score (nSPS) is 18.1. The van der Waals surface area contributed by atoms with Crippen LogP contribution in [0.5, 0.6) is 5.75 Å². The fraction of sp³-hybridized carbons (Fsp3) is 0.412. The number of benzene rings is 1. The molecule has 2 heterocycles. The summed E-state index contributed by atoms with van der Waals surface area (Å²) >= 11 is 0. The second kappa shape index (κ2) is 6.83. The molecule has 1 unspecified atom stereocenters. The quantitative estimate of drug-likeness (QED) is 0.883. The van der Waals surface area contributed by atoms with Crippen LogP contribution < -0.4 is 10.1 Å². The second-order valence-electron chi connectivity index (χ2n) is 5.92. The molecule has 1 aromatic heterocycles. The lowest BCUT2D eigenvalue weighted by Crippen LogP contribution is -2.35. The summed E-state index contributed by atoms with van der Waals surface area (Å²) in [5.41, 5.74) is 3.18. The number of ether oxygens (including phenoxy) is 1. The second-order valence-corrected chi connectivity index (χ2v) is 5.92. The molecule has 122 valence electrons. The molecular formula is C17H22N4O2. The number of hydrogen-bond acceptors (Lipinski definition) is 4. The Hall–Kier alpha value is -2.34. The number of methoxy groups -OCH3 is 1. The first-order valence-corrected chi connectivity index (χ1v) is 7.81. The zero-order valence-electron chi connectivity index (χ0n) is 13.5. The molecule has 1 aliphatic heterocycles. The van der Waals surface area contributed by atoms with Gasteiger partial charge in [0.2, 0.25) is 5.91 Å². The number of imidazole rings is 1. The van der Waals surface area contributed by atoms with Crippen LogP contribution in [-0.4, -0.2) is 47.0 Å². The molecule has 6 nitrogen and oxygen atoms in total. The molecule has 0 bridgehead atoms. The molecule has 1 saturated heterocycles. The van der Waals surface area contributed by atoms with E-state index in [1.54, 1.807) is 26.6 Å². The number of nitrogens with one attached hydrogen (secondary N) is 2. The first-order valence-electron chi connectivity index (χ1n) is 7.81. The van der Waals surface area contributed by atoms with Crippen LogP contribution in [0.4, 0.5) is 0 Å². The summed E-state index contributed by atoms with van der Waals surface area (Å²) in [5, 5.41) is 3.00. The molecule has 3 rings (SSSR count). The maximum atomic E-state index is 11.2. The molecule has 2 aromatic rings. The highest BCUT2D eigenvalue weighted by atomic mass is 16.5. The lowest BCUT2D eigenvalue weighted by atomic mass is 10.1. The minimum absolute atomic E-state index is 0.0443. The zero-order valence-corrected chi connectivity index (χ0v) is 13.5. The van der Waals surface area contributed by atoms with Crippen LogP contribution in [0.15, 0.2) is 30.7 Å². The lowest BCUT2D eigenvalue weighted by molar-refractivity contribution is -0.119. The van der Waals surface area contributed by atoms with Gasteiger partial charge in [0.15, 0.2) is 0 Å². The van der Waals surface area contributed by atoms with Crippen molar-refractivity contribution >= 4 is 5.91 Å². The van der Waals surface area contributed by atoms with Crippen molar-refractivity contribution in [1.29, 1.82) is 0 Å². The van der Waals surface area contributed by atoms with Crippen LogP contribution >= 0.6 is 0 Å². The van der Waals surface area contributed by atoms with Crippen LogP contribution in [0.25, 0.3) is 11.3 Å². The van der Waals surface area contributed by atoms with Gasteiger partial charge in [0.1, 0.15) is 5.75 Å². The van der Waals surface area contributed by atoms with Crippen molar-refractivity contribution in [1.82, 2.24) is 20.2 Å². The minimum Gasteiger partial charge on any atom is -0.496 e. The average molecular weight is 314 g/mol. The Labute approximate surface area is 135 Å². The molecule has 0 radical (unpaired) electrons. The molecule has 2 N–H and O–H groups in total. The van der Waals surface area contributed by atoms with Crippen molar-refractivity contribution in [3.8, 4) is 17.0 Å². The van der Waals surface area contributed by atoms with Gasteiger partial charge in [0.25, 0.3) is 0 Å². The first kappa shape index (κ1) is 15.6. The number of aromatic nitrogens is 2. The number of amides is 1. The van der Waals surface area contributed by atoms with Gasteiger partial charge in [-0.25, -0.2) is 4.98 Å². The van der Waals surface area contributed by atoms with Crippen molar-refractivity contribution in [3.63, 3.8) is 0 Å². The summed E-state index contributed by atoms with van der Waals surface area (Å²) in [6.07, 6.45) is 4.47. The minimum atomic E-state index is 0.0443. The lowest BCUT2D eigenvalue weighted by Gasteiger charge is -2.17. The van der Waals surface area contributed by atoms with E-state index in [-0.39, 0.29) is 11.9 Å². The number of nitrogens with zero attached hydrogens (tertiary/aromatic N) is 2. The van der Waals surface area contributed by atoms with Crippen molar-refractivity contribution < 1.29 is 9.53 Å². The summed E-state index contributed by atoms with van der Waals surface area (Å²) in [6.45, 7) is 4.32. The standard InChI is InChI=1S/C17H22N4O2/c1-12(22)20-14-5-6-21(10-14)9-13-3-4-17(23-2)15(7-13)16-8-18-11-19-16/h3-4,7-8,11,14H,5-6,9-10H2,1-2H3,(H,18,19)(H,20,22). The summed E-state index contributed by atoms with van der Waals surface area (Å²) in [6, 6.07) is 6.48. The van der Waals surface area contributed by atoms with E-state index < -0.39 is 0 Å². The third-order valence-corrected chi connectivity index (χ3v) is 4.14. The topological polar surface area (TPSA) is 70.2 Å². The van der Waals surface area contributed by atoms with Crippen LogP contribution in [0, 0.1) is 0 Å². The van der Waals surface area contributed by atoms with Gasteiger partial charge in [-0.15, -0.1) is 0 Å². The Morgan fingerprint density at radius 2 is 2.39 bits per heavy atom. The van der Waals surface area contributed by atoms with Gasteiger partial charge in [0.05, 0.1) is 25.3 Å². The van der Waals surface area contributed by atoms with Gasteiger partial charge < -0.3 is 15.0 Å². The number of H-pyrrole nitrogens is 1. The van der Waals surface area contributed by atoms with E-state index in [2.05, 4.69) is 32.3 Å². The van der Waals surface area contributed by atoms with Crippen molar-refractivity contribution in [2.75, 3.05) is 20.2 Å². The van der Waals surface area contributed by atoms with E-state index in [0.717, 1.165) is 43.1 Å². The fourth-order valence-corrected chi connectivity index (χ4v) is 3.11. The largest absolute Gasteiger partial charge is 0.496 e. The van der Waals surface area contributed by atoms with E-state index in [4.69, 9.17) is 4.74 Å². The van der Waals surface area contributed by atoms with Crippen LogP contribution in [0.1, 0.15) is 18.9 Å². The molecule has 0 spiro atoms. The molecule has 23 heavy (non-hydrogen) atoms. The van der Waals surface area contributed by atoms with Gasteiger partial charge in [0, 0.05) is 38.2 Å². The Kier molecular flexibility index (Phi) is 4.62. The number of likely N-dealkylation sites (tertiary alicyclic amines) is 1. The van der Waals surface area contributed by atoms with E-state index in [9.17, 15) is 4.79 Å². The number of hydrogen-bond donors (Lipinski definition) is 2. The Morgan fingerprint density at radius 1 is 1.52 bits per heavy atom. The predicted molar refractivity (Wildman–Crippen MR) is 88.1 cm³/mol. The summed E-state index contributed by atoms with van der Waals surface area (Å²) in [4.78, 5) is 20.7. The fourth-order valence-electron chi connectivity index (χ4n) is 3.11. The maximum Gasteiger partial charge on any atom is 0.217 e. The number of aromatic amines is 1. The molecule has 1 fully saturated rings. The molecule has 1 atom stereocenters. The summed E-state index contributed by atoms with van der Waals surface area (Å²) < 4.78 is 5.45. The SMILES string of the molecule is COc1ccc(CN2CCC(NC(C)=O)C2)cc1-c1cnc[nH]1. The zero-order chi connectivity index (χ0) is 16.2. The van der Waals surface area contributed by atoms with Gasteiger partial charge >= 0.3 is 0 Å². The van der Waals surface area contributed by atoms with Crippen molar-refractivity contribution in [2.45, 2.75) is 25.9 Å². The Bertz CT molecular complexity index is 669. The van der Waals surface area contributed by atoms with E-state index in [0.29, 0.717) is 0 Å². The smallest absolute Gasteiger partial charge is 0.217 e. The summed E-state index contributed by atoms with van der Waals surface area (Å²) in [7, 11) is 1.67. The van der Waals surface area contributed by atoms with Crippen molar-refractivity contribution in [3.05, 3.63) is 36.3 Å². The monoisotopic (exact) mass is 314 g/mol. The number of rotatable bonds is 5. The molecule has 6 heteroatoms. The van der Waals surface area contributed by atoms with Crippen LogP contribution in [-0.2, 0) is 11.3 Å². The molecule has 1 aromatic carbocycles. The molecule has 0 aliphatic carbocycles. The summed E-state index contributed by atoms with van der Waals surface area (Å²) in [5.74, 6) is 0.873. The maximum absolute atomic E-state index is 11.2. The molecular weight excluding hydrogens is 292 g/mol. The first-order chi connectivity index (χ1) is 11.2. The predicted octanol–water partition coefficient (Wildman–Crippen LogP) is 1.80. The van der Waals surface area contributed by atoms with Crippen LogP contribution in [0.2, 0.25) is 0 Å². The molecule has 1 aliphatic rings. The molecule has 0 saturated carbocycles. The Balaban J connectivity index is 1.72. The highest BCUT2D eigenvalue weighted by molar-refractivity contribution is 5.73. The Morgan fingerprint density at radius 3 is 3.09 bits per heavy atom. The van der Waals surface area contributed by atoms with Gasteiger partial charge in [-0.1, -0.05) is 6.07 Å². The van der Waals surface area contributed by atoms with E-state index in [1.165, 1.54) is 5.56 Å². The van der Waals surface area contributed by atoms with Gasteiger partial charge in [-0.2, -0.15) is 0 Å². The number of carbonyl (C=O) groups is 1. The van der Waals surface area contributed by atoms with Gasteiger partial charge in [-0.05, 0) is 24.1 Å². The average Bonchev–Trinajstić information content (AvgIpc) is 3.18. The third kappa shape index (κ3) is 3.71. The number of carbonyl (C=O) groups excluding carboxylic acids is 1. The third-order valence-electron chi connectivity index (χ3n) is 4.14. The van der Waals surface area contributed by atoms with E-state index >= 15 is 0 Å². The van der Waals surface area contributed by atoms with E-state index in [1.807, 2.05) is 6.07 Å². The van der Waals surface area contributed by atoms with Crippen molar-refractivity contribution in [2.24, 2.45) is 0 Å². The highest BCUT2D eigenvalue weighted by Gasteiger charge is 2.23. The van der Waals surface area contributed by atoms with Gasteiger partial charge in [-0.3, -0.25) is 9.69 Å². The highest BCUT2D eigenvalue weighted by Crippen LogP contribution is 2.30.